The van der Waals surface area contributed by atoms with E-state index in [1.54, 1.807) is 38.3 Å². The normalized spacial score (nSPS) is 13.2. The standard InChI is InChI=1S/C14H26N4O2/c1-11(7-9-18(5)13(3)19)17-12(2)10-16-8-6-14(20)15-4/h8,10-11,17H,6-7,9H2,1-5H3,(H,15,20)/b12-10+,16-8-. The van der Waals surface area contributed by atoms with Crippen molar-refractivity contribution in [2.24, 2.45) is 4.99 Å². The smallest absolute Gasteiger partial charge is 0.225 e. The second-order valence-electron chi connectivity index (χ2n) is 4.80. The fraction of sp³-hybridized carbons (Fsp3) is 0.643. The molecule has 0 bridgehead atoms. The summed E-state index contributed by atoms with van der Waals surface area (Å²) < 4.78 is 0. The minimum Gasteiger partial charge on any atom is -0.385 e. The van der Waals surface area contributed by atoms with Gasteiger partial charge >= 0.3 is 0 Å². The first-order valence-electron chi connectivity index (χ1n) is 6.74. The Kier molecular flexibility index (Phi) is 9.07. The van der Waals surface area contributed by atoms with Crippen LogP contribution in [0.25, 0.3) is 0 Å². The van der Waals surface area contributed by atoms with Crippen molar-refractivity contribution >= 4 is 18.0 Å². The maximum atomic E-state index is 11.1. The van der Waals surface area contributed by atoms with Crippen LogP contribution in [0.15, 0.2) is 16.9 Å². The van der Waals surface area contributed by atoms with Crippen LogP contribution in [0.4, 0.5) is 0 Å². The average Bonchev–Trinajstić information content (AvgIpc) is 2.40. The molecule has 0 heterocycles. The second-order valence-corrected chi connectivity index (χ2v) is 4.80. The first kappa shape index (κ1) is 18.1. The summed E-state index contributed by atoms with van der Waals surface area (Å²) in [6.07, 6.45) is 4.40. The number of aliphatic imine (C=N–C) groups is 1. The molecule has 0 aromatic rings. The molecule has 0 saturated heterocycles. The Morgan fingerprint density at radius 2 is 2.00 bits per heavy atom. The van der Waals surface area contributed by atoms with Gasteiger partial charge in [-0.05, 0) is 20.3 Å². The third kappa shape index (κ3) is 9.13. The molecule has 0 aromatic carbocycles. The van der Waals surface area contributed by atoms with Gasteiger partial charge < -0.3 is 15.5 Å². The van der Waals surface area contributed by atoms with Gasteiger partial charge in [0.2, 0.25) is 11.8 Å². The molecule has 1 unspecified atom stereocenters. The second kappa shape index (κ2) is 10.00. The van der Waals surface area contributed by atoms with Crippen molar-refractivity contribution in [1.29, 1.82) is 0 Å². The Morgan fingerprint density at radius 1 is 1.35 bits per heavy atom. The fourth-order valence-electron chi connectivity index (χ4n) is 1.45. The monoisotopic (exact) mass is 282 g/mol. The molecule has 20 heavy (non-hydrogen) atoms. The zero-order chi connectivity index (χ0) is 15.5. The molecule has 2 amide bonds. The molecule has 2 N–H and O–H groups in total. The van der Waals surface area contributed by atoms with Crippen LogP contribution in [-0.2, 0) is 9.59 Å². The molecule has 6 heteroatoms. The highest BCUT2D eigenvalue weighted by Crippen LogP contribution is 1.98. The van der Waals surface area contributed by atoms with Crippen molar-refractivity contribution in [3.63, 3.8) is 0 Å². The van der Waals surface area contributed by atoms with Gasteiger partial charge in [0.1, 0.15) is 0 Å². The topological polar surface area (TPSA) is 73.8 Å². The van der Waals surface area contributed by atoms with Crippen LogP contribution in [-0.4, -0.2) is 49.6 Å². The van der Waals surface area contributed by atoms with E-state index < -0.39 is 0 Å². The van der Waals surface area contributed by atoms with Crippen molar-refractivity contribution in [2.45, 2.75) is 39.7 Å². The predicted molar refractivity (Wildman–Crippen MR) is 81.5 cm³/mol. The third-order valence-corrected chi connectivity index (χ3v) is 2.84. The highest BCUT2D eigenvalue weighted by Gasteiger charge is 2.06. The van der Waals surface area contributed by atoms with Crippen LogP contribution in [0.5, 0.6) is 0 Å². The van der Waals surface area contributed by atoms with Gasteiger partial charge in [-0.2, -0.15) is 0 Å². The van der Waals surface area contributed by atoms with Crippen LogP contribution < -0.4 is 10.6 Å². The molecule has 0 aromatic heterocycles. The molecule has 0 rings (SSSR count). The first-order chi connectivity index (χ1) is 9.36. The van der Waals surface area contributed by atoms with Gasteiger partial charge in [-0.3, -0.25) is 14.6 Å². The van der Waals surface area contributed by atoms with Gasteiger partial charge in [-0.25, -0.2) is 0 Å². The van der Waals surface area contributed by atoms with E-state index in [9.17, 15) is 9.59 Å². The number of nitrogens with zero attached hydrogens (tertiary/aromatic N) is 2. The van der Waals surface area contributed by atoms with E-state index in [0.717, 1.165) is 18.7 Å². The summed E-state index contributed by atoms with van der Waals surface area (Å²) in [5.41, 5.74) is 0.927. The molecule has 114 valence electrons. The van der Waals surface area contributed by atoms with Crippen LogP contribution in [0.2, 0.25) is 0 Å². The highest BCUT2D eigenvalue weighted by atomic mass is 16.2. The lowest BCUT2D eigenvalue weighted by Crippen LogP contribution is -2.31. The van der Waals surface area contributed by atoms with Gasteiger partial charge in [-0.1, -0.05) is 0 Å². The van der Waals surface area contributed by atoms with Crippen LogP contribution in [0.3, 0.4) is 0 Å². The van der Waals surface area contributed by atoms with Crippen molar-refractivity contribution in [2.75, 3.05) is 20.6 Å². The Morgan fingerprint density at radius 3 is 2.55 bits per heavy atom. The molecule has 0 spiro atoms. The van der Waals surface area contributed by atoms with Gasteiger partial charge in [0.15, 0.2) is 0 Å². The van der Waals surface area contributed by atoms with Crippen molar-refractivity contribution in [1.82, 2.24) is 15.5 Å². The number of hydrogen-bond donors (Lipinski definition) is 2. The van der Waals surface area contributed by atoms with Gasteiger partial charge in [-0.15, -0.1) is 0 Å². The number of hydrogen-bond acceptors (Lipinski definition) is 4. The van der Waals surface area contributed by atoms with Crippen molar-refractivity contribution in [3.05, 3.63) is 11.9 Å². The minimum atomic E-state index is -0.0617. The molecule has 6 nitrogen and oxygen atoms in total. The molecular formula is C14H26N4O2. The van der Waals surface area contributed by atoms with Crippen LogP contribution >= 0.6 is 0 Å². The summed E-state index contributed by atoms with van der Waals surface area (Å²) in [4.78, 5) is 27.8. The van der Waals surface area contributed by atoms with E-state index in [0.29, 0.717) is 0 Å². The molecule has 0 saturated carbocycles. The fourth-order valence-corrected chi connectivity index (χ4v) is 1.45. The van der Waals surface area contributed by atoms with Gasteiger partial charge in [0, 0.05) is 51.7 Å². The van der Waals surface area contributed by atoms with Gasteiger partial charge in [0.25, 0.3) is 0 Å². The summed E-state index contributed by atoms with van der Waals surface area (Å²) in [6, 6.07) is 0.252. The lowest BCUT2D eigenvalue weighted by Gasteiger charge is -2.19. The summed E-state index contributed by atoms with van der Waals surface area (Å²) in [5, 5.41) is 5.81. The Hall–Kier alpha value is -1.85. The van der Waals surface area contributed by atoms with Crippen LogP contribution in [0, 0.1) is 0 Å². The summed E-state index contributed by atoms with van der Waals surface area (Å²) in [6.45, 7) is 6.25. The summed E-state index contributed by atoms with van der Waals surface area (Å²) >= 11 is 0. The first-order valence-corrected chi connectivity index (χ1v) is 6.74. The third-order valence-electron chi connectivity index (χ3n) is 2.84. The molecule has 0 aliphatic carbocycles. The van der Waals surface area contributed by atoms with E-state index in [1.165, 1.54) is 0 Å². The molecule has 0 aliphatic rings. The van der Waals surface area contributed by atoms with E-state index in [-0.39, 0.29) is 24.3 Å². The van der Waals surface area contributed by atoms with Crippen molar-refractivity contribution < 1.29 is 9.59 Å². The number of carbonyl (C=O) groups excluding carboxylic acids is 2. The quantitative estimate of drug-likeness (QED) is 0.650. The van der Waals surface area contributed by atoms with E-state index in [1.807, 2.05) is 6.92 Å². The summed E-state index contributed by atoms with van der Waals surface area (Å²) in [5.74, 6) is 0.0108. The largest absolute Gasteiger partial charge is 0.385 e. The lowest BCUT2D eigenvalue weighted by molar-refractivity contribution is -0.127. The number of nitrogens with one attached hydrogen (secondary N) is 2. The molecule has 0 fully saturated rings. The molecule has 0 aliphatic heterocycles. The maximum absolute atomic E-state index is 11.1. The number of carbonyl (C=O) groups is 2. The van der Waals surface area contributed by atoms with Crippen molar-refractivity contribution in [3.8, 4) is 0 Å². The summed E-state index contributed by atoms with van der Waals surface area (Å²) in [7, 11) is 3.39. The number of allylic oxidation sites excluding steroid dienone is 1. The highest BCUT2D eigenvalue weighted by molar-refractivity contribution is 5.89. The molecule has 1 atom stereocenters. The number of amides is 2. The Bertz CT molecular complexity index is 377. The Balaban J connectivity index is 4.02. The SMILES string of the molecule is CNC(=O)C/C=N\C=C(/C)NC(C)CCN(C)C(C)=O. The van der Waals surface area contributed by atoms with E-state index >= 15 is 0 Å². The molecule has 0 radical (unpaired) electrons. The lowest BCUT2D eigenvalue weighted by atomic mass is 10.2. The Labute approximate surface area is 121 Å². The van der Waals surface area contributed by atoms with E-state index in [4.69, 9.17) is 0 Å². The van der Waals surface area contributed by atoms with Crippen LogP contribution in [0.1, 0.15) is 33.6 Å². The minimum absolute atomic E-state index is 0.0617. The zero-order valence-corrected chi connectivity index (χ0v) is 13.1. The number of rotatable bonds is 8. The predicted octanol–water partition coefficient (Wildman–Crippen LogP) is 0.901. The maximum Gasteiger partial charge on any atom is 0.225 e. The zero-order valence-electron chi connectivity index (χ0n) is 13.1. The van der Waals surface area contributed by atoms with E-state index in [2.05, 4.69) is 22.5 Å². The molecular weight excluding hydrogens is 256 g/mol. The average molecular weight is 282 g/mol. The van der Waals surface area contributed by atoms with Gasteiger partial charge in [0.05, 0.1) is 6.42 Å².